The number of nitrogens with zero attached hydrogens (tertiary/aromatic N) is 2. The molecule has 6 heteroatoms. The fourth-order valence-electron chi connectivity index (χ4n) is 1.53. The van der Waals surface area contributed by atoms with E-state index < -0.39 is 5.97 Å². The summed E-state index contributed by atoms with van der Waals surface area (Å²) in [7, 11) is 1.89. The third kappa shape index (κ3) is 2.95. The first kappa shape index (κ1) is 12.3. The Bertz CT molecular complexity index is 547. The molecule has 0 saturated carbocycles. The summed E-state index contributed by atoms with van der Waals surface area (Å²) in [6, 6.07) is 3.98. The number of aryl methyl sites for hydroxylation is 2. The highest BCUT2D eigenvalue weighted by atomic mass is 79.9. The SMILES string of the molecule is Cn1cc(-c2ccc(Br)s2)nc1CCC(=O)O. The van der Waals surface area contributed by atoms with Gasteiger partial charge >= 0.3 is 5.97 Å². The minimum atomic E-state index is -0.798. The largest absolute Gasteiger partial charge is 0.481 e. The van der Waals surface area contributed by atoms with Crippen LogP contribution in [0, 0.1) is 0 Å². The second-order valence-electron chi connectivity index (χ2n) is 3.65. The molecule has 0 bridgehead atoms. The molecule has 0 aliphatic carbocycles. The molecule has 4 nitrogen and oxygen atoms in total. The molecule has 2 heterocycles. The second-order valence-corrected chi connectivity index (χ2v) is 6.11. The van der Waals surface area contributed by atoms with Gasteiger partial charge in [-0.2, -0.15) is 0 Å². The van der Waals surface area contributed by atoms with Gasteiger partial charge < -0.3 is 9.67 Å². The van der Waals surface area contributed by atoms with E-state index in [-0.39, 0.29) is 6.42 Å². The molecule has 0 unspecified atom stereocenters. The number of carboxylic acid groups (broad SMARTS) is 1. The van der Waals surface area contributed by atoms with Crippen LogP contribution in [-0.4, -0.2) is 20.6 Å². The lowest BCUT2D eigenvalue weighted by atomic mass is 10.3. The van der Waals surface area contributed by atoms with Crippen molar-refractivity contribution >= 4 is 33.2 Å². The highest BCUT2D eigenvalue weighted by molar-refractivity contribution is 9.11. The van der Waals surface area contributed by atoms with Gasteiger partial charge in [-0.05, 0) is 28.1 Å². The average Bonchev–Trinajstić information content (AvgIpc) is 2.82. The van der Waals surface area contributed by atoms with Crippen LogP contribution in [0.4, 0.5) is 0 Å². The van der Waals surface area contributed by atoms with Crippen LogP contribution in [-0.2, 0) is 18.3 Å². The predicted octanol–water partition coefficient (Wildman–Crippen LogP) is 2.93. The van der Waals surface area contributed by atoms with Crippen LogP contribution in [0.1, 0.15) is 12.2 Å². The Morgan fingerprint density at radius 2 is 2.35 bits per heavy atom. The Hall–Kier alpha value is -1.14. The molecular formula is C11H11BrN2O2S. The van der Waals surface area contributed by atoms with Crippen LogP contribution in [0.15, 0.2) is 22.1 Å². The van der Waals surface area contributed by atoms with E-state index in [1.165, 1.54) is 0 Å². The molecule has 0 fully saturated rings. The summed E-state index contributed by atoms with van der Waals surface area (Å²) < 4.78 is 2.94. The first-order valence-corrected chi connectivity index (χ1v) is 6.67. The maximum atomic E-state index is 10.5. The number of aromatic nitrogens is 2. The summed E-state index contributed by atoms with van der Waals surface area (Å²) in [5, 5.41) is 8.65. The van der Waals surface area contributed by atoms with E-state index >= 15 is 0 Å². The standard InChI is InChI=1S/C11H11BrN2O2S/c1-14-6-7(8-2-3-9(12)17-8)13-10(14)4-5-11(15)16/h2-3,6H,4-5H2,1H3,(H,15,16). The van der Waals surface area contributed by atoms with Crippen LogP contribution in [0.3, 0.4) is 0 Å². The normalized spacial score (nSPS) is 10.7. The zero-order valence-electron chi connectivity index (χ0n) is 9.18. The lowest BCUT2D eigenvalue weighted by Gasteiger charge is -1.97. The van der Waals surface area contributed by atoms with Gasteiger partial charge in [0.2, 0.25) is 0 Å². The van der Waals surface area contributed by atoms with Crippen molar-refractivity contribution in [2.75, 3.05) is 0 Å². The highest BCUT2D eigenvalue weighted by Gasteiger charge is 2.10. The van der Waals surface area contributed by atoms with Gasteiger partial charge in [-0.1, -0.05) is 0 Å². The smallest absolute Gasteiger partial charge is 0.303 e. The van der Waals surface area contributed by atoms with Gasteiger partial charge in [0.05, 0.1) is 20.8 Å². The quantitative estimate of drug-likeness (QED) is 0.944. The lowest BCUT2D eigenvalue weighted by Crippen LogP contribution is -2.02. The van der Waals surface area contributed by atoms with Crippen molar-refractivity contribution in [2.24, 2.45) is 7.05 Å². The number of carboxylic acids is 1. The van der Waals surface area contributed by atoms with Crippen molar-refractivity contribution in [1.82, 2.24) is 9.55 Å². The molecule has 0 aliphatic heterocycles. The van der Waals surface area contributed by atoms with E-state index in [1.54, 1.807) is 11.3 Å². The maximum absolute atomic E-state index is 10.5. The summed E-state index contributed by atoms with van der Waals surface area (Å²) in [4.78, 5) is 16.1. The van der Waals surface area contributed by atoms with Crippen molar-refractivity contribution < 1.29 is 9.90 Å². The molecule has 2 aromatic heterocycles. The Morgan fingerprint density at radius 1 is 1.59 bits per heavy atom. The highest BCUT2D eigenvalue weighted by Crippen LogP contribution is 2.30. The molecule has 2 aromatic rings. The molecule has 0 radical (unpaired) electrons. The fraction of sp³-hybridized carbons (Fsp3) is 0.273. The summed E-state index contributed by atoms with van der Waals surface area (Å²) in [6.07, 6.45) is 2.49. The molecule has 1 N–H and O–H groups in total. The summed E-state index contributed by atoms with van der Waals surface area (Å²) in [6.45, 7) is 0. The molecular weight excluding hydrogens is 304 g/mol. The van der Waals surface area contributed by atoms with Crippen LogP contribution < -0.4 is 0 Å². The first-order chi connectivity index (χ1) is 8.06. The minimum Gasteiger partial charge on any atom is -0.481 e. The second kappa shape index (κ2) is 5.01. The molecule has 90 valence electrons. The number of imidazole rings is 1. The zero-order valence-corrected chi connectivity index (χ0v) is 11.6. The van der Waals surface area contributed by atoms with Gasteiger partial charge in [-0.25, -0.2) is 4.98 Å². The van der Waals surface area contributed by atoms with Gasteiger partial charge in [0.1, 0.15) is 5.82 Å². The van der Waals surface area contributed by atoms with Crippen molar-refractivity contribution in [1.29, 1.82) is 0 Å². The van der Waals surface area contributed by atoms with E-state index in [0.717, 1.165) is 20.2 Å². The molecule has 2 rings (SSSR count). The number of aliphatic carboxylic acids is 1. The Labute approximate surface area is 111 Å². The number of hydrogen-bond acceptors (Lipinski definition) is 3. The monoisotopic (exact) mass is 314 g/mol. The molecule has 0 atom stereocenters. The van der Waals surface area contributed by atoms with E-state index in [2.05, 4.69) is 20.9 Å². The minimum absolute atomic E-state index is 0.110. The summed E-state index contributed by atoms with van der Waals surface area (Å²) in [5.74, 6) is 0.000315. The molecule has 17 heavy (non-hydrogen) atoms. The van der Waals surface area contributed by atoms with E-state index in [4.69, 9.17) is 5.11 Å². The molecule has 0 spiro atoms. The van der Waals surface area contributed by atoms with E-state index in [9.17, 15) is 4.79 Å². The van der Waals surface area contributed by atoms with Gasteiger partial charge in [0, 0.05) is 19.7 Å². The first-order valence-electron chi connectivity index (χ1n) is 5.06. The van der Waals surface area contributed by atoms with Crippen molar-refractivity contribution in [2.45, 2.75) is 12.8 Å². The van der Waals surface area contributed by atoms with Crippen LogP contribution in [0.5, 0.6) is 0 Å². The Kier molecular flexibility index (Phi) is 3.63. The van der Waals surface area contributed by atoms with Crippen LogP contribution in [0.25, 0.3) is 10.6 Å². The topological polar surface area (TPSA) is 55.1 Å². The third-order valence-corrected chi connectivity index (χ3v) is 4.01. The van der Waals surface area contributed by atoms with Gasteiger partial charge in [-0.15, -0.1) is 11.3 Å². The Balaban J connectivity index is 2.21. The van der Waals surface area contributed by atoms with Crippen molar-refractivity contribution in [3.05, 3.63) is 27.9 Å². The van der Waals surface area contributed by atoms with Crippen molar-refractivity contribution in [3.63, 3.8) is 0 Å². The maximum Gasteiger partial charge on any atom is 0.303 e. The number of hydrogen-bond donors (Lipinski definition) is 1. The van der Waals surface area contributed by atoms with E-state index in [0.29, 0.717) is 6.42 Å². The van der Waals surface area contributed by atoms with Gasteiger partial charge in [0.15, 0.2) is 0 Å². The van der Waals surface area contributed by atoms with Crippen LogP contribution in [0.2, 0.25) is 0 Å². The molecule has 0 aliphatic rings. The Morgan fingerprint density at radius 3 is 2.94 bits per heavy atom. The van der Waals surface area contributed by atoms with E-state index in [1.807, 2.05) is 29.9 Å². The molecule has 0 aromatic carbocycles. The predicted molar refractivity (Wildman–Crippen MR) is 70.2 cm³/mol. The molecule has 0 saturated heterocycles. The number of rotatable bonds is 4. The summed E-state index contributed by atoms with van der Waals surface area (Å²) >= 11 is 5.02. The van der Waals surface area contributed by atoms with Gasteiger partial charge in [-0.3, -0.25) is 4.79 Å². The number of thiophene rings is 1. The number of carbonyl (C=O) groups is 1. The van der Waals surface area contributed by atoms with Crippen LogP contribution >= 0.6 is 27.3 Å². The summed E-state index contributed by atoms with van der Waals surface area (Å²) in [5.41, 5.74) is 0.892. The number of halogens is 1. The lowest BCUT2D eigenvalue weighted by molar-refractivity contribution is -0.137. The molecule has 0 amide bonds. The van der Waals surface area contributed by atoms with Crippen molar-refractivity contribution in [3.8, 4) is 10.6 Å². The zero-order chi connectivity index (χ0) is 12.4. The van der Waals surface area contributed by atoms with Gasteiger partial charge in [0.25, 0.3) is 0 Å². The average molecular weight is 315 g/mol. The fourth-order valence-corrected chi connectivity index (χ4v) is 2.87. The third-order valence-electron chi connectivity index (χ3n) is 2.36.